The van der Waals surface area contributed by atoms with Gasteiger partial charge in [0.2, 0.25) is 5.91 Å². The second kappa shape index (κ2) is 7.12. The average Bonchev–Trinajstić information content (AvgIpc) is 3.10. The van der Waals surface area contributed by atoms with Gasteiger partial charge in [-0.05, 0) is 30.5 Å². The van der Waals surface area contributed by atoms with E-state index in [9.17, 15) is 14.9 Å². The maximum absolute atomic E-state index is 12.3. The van der Waals surface area contributed by atoms with Gasteiger partial charge >= 0.3 is 0 Å². The van der Waals surface area contributed by atoms with Crippen molar-refractivity contribution in [3.05, 3.63) is 64.2 Å². The van der Waals surface area contributed by atoms with Gasteiger partial charge in [-0.25, -0.2) is 0 Å². The summed E-state index contributed by atoms with van der Waals surface area (Å²) in [6.45, 7) is 2.02. The summed E-state index contributed by atoms with van der Waals surface area (Å²) in [4.78, 5) is 24.8. The molecule has 1 amide bonds. The van der Waals surface area contributed by atoms with E-state index in [4.69, 9.17) is 0 Å². The van der Waals surface area contributed by atoms with Gasteiger partial charge in [0.15, 0.2) is 0 Å². The van der Waals surface area contributed by atoms with Crippen LogP contribution in [0.3, 0.4) is 0 Å². The smallest absolute Gasteiger partial charge is 0.269 e. The van der Waals surface area contributed by atoms with Crippen LogP contribution in [0.5, 0.6) is 0 Å². The van der Waals surface area contributed by atoms with Gasteiger partial charge in [-0.15, -0.1) is 0 Å². The number of nitrogens with zero attached hydrogens (tertiary/aromatic N) is 2. The van der Waals surface area contributed by atoms with Gasteiger partial charge in [0.1, 0.15) is 0 Å². The Bertz CT molecular complexity index is 737. The number of nitro groups is 1. The quantitative estimate of drug-likeness (QED) is 0.675. The molecule has 1 heterocycles. The van der Waals surface area contributed by atoms with Crippen molar-refractivity contribution in [1.82, 2.24) is 0 Å². The van der Waals surface area contributed by atoms with E-state index in [0.717, 1.165) is 30.0 Å². The van der Waals surface area contributed by atoms with Crippen LogP contribution in [0.4, 0.5) is 17.1 Å². The van der Waals surface area contributed by atoms with Crippen molar-refractivity contribution in [3.63, 3.8) is 0 Å². The fourth-order valence-electron chi connectivity index (χ4n) is 2.93. The Labute approximate surface area is 140 Å². The summed E-state index contributed by atoms with van der Waals surface area (Å²) in [7, 11) is 0. The summed E-state index contributed by atoms with van der Waals surface area (Å²) in [6.07, 6.45) is 2.53. The molecule has 1 N–H and O–H groups in total. The summed E-state index contributed by atoms with van der Waals surface area (Å²) in [5.41, 5.74) is 2.63. The lowest BCUT2D eigenvalue weighted by atomic mass is 10.1. The summed E-state index contributed by atoms with van der Waals surface area (Å²) >= 11 is 0. The van der Waals surface area contributed by atoms with Gasteiger partial charge in [-0.3, -0.25) is 14.9 Å². The minimum Gasteiger partial charge on any atom is -0.370 e. The monoisotopic (exact) mass is 325 g/mol. The number of rotatable bonds is 5. The van der Waals surface area contributed by atoms with E-state index >= 15 is 0 Å². The van der Waals surface area contributed by atoms with E-state index in [1.807, 2.05) is 24.3 Å². The number of para-hydroxylation sites is 2. The standard InChI is InChI=1S/C18H19N3O3/c22-18(13-14-7-9-15(10-8-14)21(23)24)19-16-5-1-2-6-17(16)20-11-3-4-12-20/h1-2,5-10H,3-4,11-13H2,(H,19,22). The van der Waals surface area contributed by atoms with Gasteiger partial charge in [0, 0.05) is 25.2 Å². The first kappa shape index (κ1) is 16.0. The molecule has 0 radical (unpaired) electrons. The number of anilines is 2. The molecule has 1 fully saturated rings. The van der Waals surface area contributed by atoms with Crippen molar-refractivity contribution in [2.45, 2.75) is 19.3 Å². The molecule has 6 heteroatoms. The lowest BCUT2D eigenvalue weighted by molar-refractivity contribution is -0.384. The zero-order valence-corrected chi connectivity index (χ0v) is 13.3. The van der Waals surface area contributed by atoms with E-state index < -0.39 is 4.92 Å². The Balaban J connectivity index is 1.67. The van der Waals surface area contributed by atoms with Crippen molar-refractivity contribution >= 4 is 23.0 Å². The number of amides is 1. The molecule has 0 spiro atoms. The Kier molecular flexibility index (Phi) is 4.74. The van der Waals surface area contributed by atoms with Crippen LogP contribution in [0, 0.1) is 10.1 Å². The van der Waals surface area contributed by atoms with Crippen LogP contribution >= 0.6 is 0 Å². The molecule has 2 aromatic rings. The van der Waals surface area contributed by atoms with Crippen LogP contribution in [0.1, 0.15) is 18.4 Å². The first-order valence-corrected chi connectivity index (χ1v) is 8.00. The summed E-state index contributed by atoms with van der Waals surface area (Å²) < 4.78 is 0. The predicted octanol–water partition coefficient (Wildman–Crippen LogP) is 3.38. The molecule has 1 saturated heterocycles. The molecule has 0 atom stereocenters. The van der Waals surface area contributed by atoms with Crippen LogP contribution in [0.2, 0.25) is 0 Å². The zero-order chi connectivity index (χ0) is 16.9. The highest BCUT2D eigenvalue weighted by atomic mass is 16.6. The normalized spacial score (nSPS) is 13.8. The zero-order valence-electron chi connectivity index (χ0n) is 13.3. The molecule has 1 aliphatic heterocycles. The largest absolute Gasteiger partial charge is 0.370 e. The van der Waals surface area contributed by atoms with E-state index in [2.05, 4.69) is 10.2 Å². The lowest BCUT2D eigenvalue weighted by Gasteiger charge is -2.21. The molecule has 124 valence electrons. The highest BCUT2D eigenvalue weighted by molar-refractivity contribution is 5.95. The second-order valence-electron chi connectivity index (χ2n) is 5.86. The number of nitro benzene ring substituents is 1. The second-order valence-corrected chi connectivity index (χ2v) is 5.86. The molecule has 0 unspecified atom stereocenters. The molecule has 0 bridgehead atoms. The Morgan fingerprint density at radius 1 is 1.08 bits per heavy atom. The maximum atomic E-state index is 12.3. The molecule has 0 aromatic heterocycles. The third-order valence-corrected chi connectivity index (χ3v) is 4.14. The number of carbonyl (C=O) groups excluding carboxylic acids is 1. The van der Waals surface area contributed by atoms with Crippen LogP contribution in [-0.2, 0) is 11.2 Å². The van der Waals surface area contributed by atoms with E-state index in [-0.39, 0.29) is 18.0 Å². The molecule has 3 rings (SSSR count). The summed E-state index contributed by atoms with van der Waals surface area (Å²) in [6, 6.07) is 13.9. The third-order valence-electron chi connectivity index (χ3n) is 4.14. The van der Waals surface area contributed by atoms with E-state index in [0.29, 0.717) is 0 Å². The van der Waals surface area contributed by atoms with Crippen molar-refractivity contribution in [2.75, 3.05) is 23.3 Å². The van der Waals surface area contributed by atoms with Crippen LogP contribution in [-0.4, -0.2) is 23.9 Å². The molecule has 0 saturated carbocycles. The number of hydrogen-bond acceptors (Lipinski definition) is 4. The molecule has 1 aliphatic rings. The minimum absolute atomic E-state index is 0.0264. The summed E-state index contributed by atoms with van der Waals surface area (Å²) in [5, 5.41) is 13.6. The third kappa shape index (κ3) is 3.71. The van der Waals surface area contributed by atoms with Gasteiger partial charge < -0.3 is 10.2 Å². The molecule has 0 aliphatic carbocycles. The van der Waals surface area contributed by atoms with E-state index in [1.54, 1.807) is 12.1 Å². The van der Waals surface area contributed by atoms with Gasteiger partial charge in [0.25, 0.3) is 5.69 Å². The first-order chi connectivity index (χ1) is 11.6. The Morgan fingerprint density at radius 3 is 2.42 bits per heavy atom. The highest BCUT2D eigenvalue weighted by Crippen LogP contribution is 2.28. The number of hydrogen-bond donors (Lipinski definition) is 1. The molecular formula is C18H19N3O3. The maximum Gasteiger partial charge on any atom is 0.269 e. The minimum atomic E-state index is -0.448. The van der Waals surface area contributed by atoms with E-state index in [1.165, 1.54) is 25.0 Å². The van der Waals surface area contributed by atoms with Crippen molar-refractivity contribution in [2.24, 2.45) is 0 Å². The topological polar surface area (TPSA) is 75.5 Å². The van der Waals surface area contributed by atoms with Crippen LogP contribution in [0.25, 0.3) is 0 Å². The number of nitrogens with one attached hydrogen (secondary N) is 1. The van der Waals surface area contributed by atoms with Gasteiger partial charge in [0.05, 0.1) is 22.7 Å². The molecule has 24 heavy (non-hydrogen) atoms. The van der Waals surface area contributed by atoms with Crippen LogP contribution in [0.15, 0.2) is 48.5 Å². The van der Waals surface area contributed by atoms with Crippen molar-refractivity contribution < 1.29 is 9.72 Å². The Morgan fingerprint density at radius 2 is 1.75 bits per heavy atom. The lowest BCUT2D eigenvalue weighted by Crippen LogP contribution is -2.21. The van der Waals surface area contributed by atoms with Gasteiger partial charge in [-0.2, -0.15) is 0 Å². The molecule has 2 aromatic carbocycles. The number of benzene rings is 2. The predicted molar refractivity (Wildman–Crippen MR) is 93.3 cm³/mol. The number of non-ortho nitro benzene ring substituents is 1. The van der Waals surface area contributed by atoms with Gasteiger partial charge in [-0.1, -0.05) is 24.3 Å². The number of carbonyl (C=O) groups is 1. The fraction of sp³-hybridized carbons (Fsp3) is 0.278. The summed E-state index contributed by atoms with van der Waals surface area (Å²) in [5.74, 6) is -0.129. The van der Waals surface area contributed by atoms with Crippen molar-refractivity contribution in [3.8, 4) is 0 Å². The fourth-order valence-corrected chi connectivity index (χ4v) is 2.93. The molecular weight excluding hydrogens is 306 g/mol. The SMILES string of the molecule is O=C(Cc1ccc([N+](=O)[O-])cc1)Nc1ccccc1N1CCCC1. The Hall–Kier alpha value is -2.89. The first-order valence-electron chi connectivity index (χ1n) is 8.00. The highest BCUT2D eigenvalue weighted by Gasteiger charge is 2.16. The molecule has 6 nitrogen and oxygen atoms in total. The van der Waals surface area contributed by atoms with Crippen molar-refractivity contribution in [1.29, 1.82) is 0 Å². The average molecular weight is 325 g/mol. The van der Waals surface area contributed by atoms with Crippen LogP contribution < -0.4 is 10.2 Å².